The molecule has 0 aliphatic carbocycles. The smallest absolute Gasteiger partial charge is 0.289 e. The molecule has 1 aliphatic heterocycles. The lowest BCUT2D eigenvalue weighted by molar-refractivity contribution is -0.121. The quantitative estimate of drug-likeness (QED) is 0.591. The number of aryl methyl sites for hydroxylation is 2. The number of anilines is 1. The molecule has 3 aromatic rings. The Balaban J connectivity index is 1.34. The molecule has 1 aliphatic rings. The van der Waals surface area contributed by atoms with Crippen LogP contribution in [0.2, 0.25) is 0 Å². The van der Waals surface area contributed by atoms with Crippen molar-refractivity contribution in [3.8, 4) is 0 Å². The maximum atomic E-state index is 12.9. The second-order valence-corrected chi connectivity index (χ2v) is 8.62. The van der Waals surface area contributed by atoms with Crippen LogP contribution in [0.4, 0.5) is 5.82 Å². The Labute approximate surface area is 185 Å². The molecule has 2 amide bonds. The van der Waals surface area contributed by atoms with E-state index >= 15 is 0 Å². The van der Waals surface area contributed by atoms with Crippen LogP contribution in [0.15, 0.2) is 52.4 Å². The normalized spacial score (nSPS) is 16.3. The highest BCUT2D eigenvalue weighted by atomic mass is 32.2. The maximum Gasteiger partial charge on any atom is 0.289 e. The number of imidazole rings is 1. The molecule has 4 rings (SSSR count). The third-order valence-electron chi connectivity index (χ3n) is 5.23. The van der Waals surface area contributed by atoms with Crippen molar-refractivity contribution in [1.29, 1.82) is 0 Å². The van der Waals surface area contributed by atoms with Crippen molar-refractivity contribution in [1.82, 2.24) is 19.4 Å². The molecule has 4 heterocycles. The van der Waals surface area contributed by atoms with Gasteiger partial charge in [-0.2, -0.15) is 0 Å². The van der Waals surface area contributed by atoms with E-state index in [0.717, 1.165) is 23.6 Å². The Kier molecular flexibility index (Phi) is 6.41. The van der Waals surface area contributed by atoms with Crippen LogP contribution in [-0.4, -0.2) is 44.3 Å². The molecule has 1 atom stereocenters. The highest BCUT2D eigenvalue weighted by molar-refractivity contribution is 7.98. The number of carbonyl (C=O) groups excluding carboxylic acids is 2. The van der Waals surface area contributed by atoms with Gasteiger partial charge in [0.25, 0.3) is 5.91 Å². The van der Waals surface area contributed by atoms with Crippen LogP contribution >= 0.6 is 11.8 Å². The Hall–Kier alpha value is -3.07. The van der Waals surface area contributed by atoms with Gasteiger partial charge in [-0.25, -0.2) is 9.97 Å². The number of nitrogens with zero attached hydrogens (tertiary/aromatic N) is 4. The summed E-state index contributed by atoms with van der Waals surface area (Å²) in [4.78, 5) is 35.8. The number of hydrogen-bond donors (Lipinski definition) is 1. The molecule has 31 heavy (non-hydrogen) atoms. The number of pyridine rings is 1. The zero-order chi connectivity index (χ0) is 21.8. The van der Waals surface area contributed by atoms with E-state index in [9.17, 15) is 9.59 Å². The lowest BCUT2D eigenvalue weighted by Crippen LogP contribution is -2.43. The van der Waals surface area contributed by atoms with E-state index in [2.05, 4.69) is 15.3 Å². The zero-order valence-electron chi connectivity index (χ0n) is 17.6. The van der Waals surface area contributed by atoms with Gasteiger partial charge in [0, 0.05) is 38.7 Å². The van der Waals surface area contributed by atoms with Gasteiger partial charge in [0.1, 0.15) is 11.6 Å². The molecule has 9 heteroatoms. The minimum absolute atomic E-state index is 0.111. The van der Waals surface area contributed by atoms with Crippen molar-refractivity contribution in [2.75, 3.05) is 18.4 Å². The molecular weight excluding hydrogens is 414 g/mol. The van der Waals surface area contributed by atoms with E-state index in [0.29, 0.717) is 36.2 Å². The average Bonchev–Trinajstić information content (AvgIpc) is 3.42. The third kappa shape index (κ3) is 5.16. The van der Waals surface area contributed by atoms with Gasteiger partial charge in [0.2, 0.25) is 5.91 Å². The highest BCUT2D eigenvalue weighted by Crippen LogP contribution is 2.24. The Bertz CT molecular complexity index is 1060. The zero-order valence-corrected chi connectivity index (χ0v) is 18.4. The van der Waals surface area contributed by atoms with Crippen LogP contribution in [0.1, 0.15) is 34.7 Å². The summed E-state index contributed by atoms with van der Waals surface area (Å²) in [5.74, 6) is 1.57. The van der Waals surface area contributed by atoms with E-state index in [1.54, 1.807) is 41.2 Å². The fourth-order valence-corrected chi connectivity index (χ4v) is 4.33. The number of piperidine rings is 1. The van der Waals surface area contributed by atoms with Crippen molar-refractivity contribution in [3.63, 3.8) is 0 Å². The van der Waals surface area contributed by atoms with Crippen LogP contribution in [0.3, 0.4) is 0 Å². The van der Waals surface area contributed by atoms with Crippen molar-refractivity contribution in [3.05, 3.63) is 59.9 Å². The first-order valence-electron chi connectivity index (χ1n) is 10.2. The summed E-state index contributed by atoms with van der Waals surface area (Å²) in [6.45, 7) is 2.93. The molecule has 0 aromatic carbocycles. The molecule has 3 aromatic heterocycles. The fourth-order valence-electron chi connectivity index (χ4n) is 3.50. The molecule has 8 nitrogen and oxygen atoms in total. The van der Waals surface area contributed by atoms with Crippen molar-refractivity contribution >= 4 is 29.4 Å². The van der Waals surface area contributed by atoms with E-state index in [-0.39, 0.29) is 17.7 Å². The summed E-state index contributed by atoms with van der Waals surface area (Å²) in [7, 11) is 1.93. The predicted octanol–water partition coefficient (Wildman–Crippen LogP) is 3.50. The molecule has 1 fully saturated rings. The SMILES string of the molecule is Cc1ccc(NC(=O)[C@@H]2CCCN(C(=O)c3ccc(CSc4nccn4C)o3)C2)nc1. The minimum Gasteiger partial charge on any atom is -0.455 e. The van der Waals surface area contributed by atoms with Crippen LogP contribution < -0.4 is 5.32 Å². The third-order valence-corrected chi connectivity index (χ3v) is 6.32. The maximum absolute atomic E-state index is 12.9. The molecule has 0 unspecified atom stereocenters. The second kappa shape index (κ2) is 9.38. The largest absolute Gasteiger partial charge is 0.455 e. The Morgan fingerprint density at radius 3 is 2.87 bits per heavy atom. The Morgan fingerprint density at radius 1 is 1.26 bits per heavy atom. The number of carbonyl (C=O) groups is 2. The first kappa shape index (κ1) is 21.2. The van der Waals surface area contributed by atoms with E-state index < -0.39 is 0 Å². The van der Waals surface area contributed by atoms with Crippen LogP contribution in [0.5, 0.6) is 0 Å². The number of amides is 2. The lowest BCUT2D eigenvalue weighted by atomic mass is 9.97. The van der Waals surface area contributed by atoms with Gasteiger partial charge in [-0.3, -0.25) is 9.59 Å². The fraction of sp³-hybridized carbons (Fsp3) is 0.364. The average molecular weight is 440 g/mol. The van der Waals surface area contributed by atoms with E-state index in [1.807, 2.05) is 36.9 Å². The van der Waals surface area contributed by atoms with Crippen molar-refractivity contribution in [2.24, 2.45) is 13.0 Å². The molecule has 1 N–H and O–H groups in total. The number of thioether (sulfide) groups is 1. The molecule has 0 saturated carbocycles. The molecule has 162 valence electrons. The van der Waals surface area contributed by atoms with Crippen LogP contribution in [0, 0.1) is 12.8 Å². The van der Waals surface area contributed by atoms with Gasteiger partial charge in [-0.15, -0.1) is 0 Å². The number of rotatable bonds is 6. The van der Waals surface area contributed by atoms with Crippen LogP contribution in [-0.2, 0) is 17.6 Å². The monoisotopic (exact) mass is 439 g/mol. The standard InChI is InChI=1S/C22H25N5O3S/c1-15-5-8-19(24-12-15)25-20(28)16-4-3-10-27(13-16)21(29)18-7-6-17(30-18)14-31-22-23-9-11-26(22)2/h5-9,11-12,16H,3-4,10,13-14H2,1-2H3,(H,24,25,28)/t16-/m1/s1. The molecule has 0 bridgehead atoms. The van der Waals surface area contributed by atoms with E-state index in [1.165, 1.54) is 0 Å². The van der Waals surface area contributed by atoms with Crippen molar-refractivity contribution in [2.45, 2.75) is 30.7 Å². The van der Waals surface area contributed by atoms with Gasteiger partial charge in [0.05, 0.1) is 11.7 Å². The summed E-state index contributed by atoms with van der Waals surface area (Å²) >= 11 is 1.55. The molecule has 0 spiro atoms. The topological polar surface area (TPSA) is 93.3 Å². The number of likely N-dealkylation sites (tertiary alicyclic amines) is 1. The van der Waals surface area contributed by atoms with Gasteiger partial charge in [-0.05, 0) is 43.5 Å². The van der Waals surface area contributed by atoms with Crippen molar-refractivity contribution < 1.29 is 14.0 Å². The first-order valence-corrected chi connectivity index (χ1v) is 11.2. The lowest BCUT2D eigenvalue weighted by Gasteiger charge is -2.31. The van der Waals surface area contributed by atoms with E-state index in [4.69, 9.17) is 4.42 Å². The first-order chi connectivity index (χ1) is 15.0. The van der Waals surface area contributed by atoms with Gasteiger partial charge >= 0.3 is 0 Å². The summed E-state index contributed by atoms with van der Waals surface area (Å²) in [6, 6.07) is 7.21. The summed E-state index contributed by atoms with van der Waals surface area (Å²) in [5.41, 5.74) is 1.03. The molecule has 1 saturated heterocycles. The Morgan fingerprint density at radius 2 is 2.13 bits per heavy atom. The summed E-state index contributed by atoms with van der Waals surface area (Å²) < 4.78 is 7.71. The summed E-state index contributed by atoms with van der Waals surface area (Å²) in [6.07, 6.45) is 6.86. The second-order valence-electron chi connectivity index (χ2n) is 7.68. The number of nitrogens with one attached hydrogen (secondary N) is 1. The highest BCUT2D eigenvalue weighted by Gasteiger charge is 2.30. The minimum atomic E-state index is -0.269. The van der Waals surface area contributed by atoms with Crippen LogP contribution in [0.25, 0.3) is 0 Å². The predicted molar refractivity (Wildman–Crippen MR) is 118 cm³/mol. The van der Waals surface area contributed by atoms with Gasteiger partial charge in [-0.1, -0.05) is 17.8 Å². The molecular formula is C22H25N5O3S. The number of aromatic nitrogens is 3. The number of furan rings is 1. The number of hydrogen-bond acceptors (Lipinski definition) is 6. The van der Waals surface area contributed by atoms with Gasteiger partial charge in [0.15, 0.2) is 10.9 Å². The van der Waals surface area contributed by atoms with Gasteiger partial charge < -0.3 is 19.2 Å². The summed E-state index contributed by atoms with van der Waals surface area (Å²) in [5, 5.41) is 3.74. The molecule has 0 radical (unpaired) electrons.